The quantitative estimate of drug-likeness (QED) is 0.152. The van der Waals surface area contributed by atoms with Gasteiger partial charge < -0.3 is 4.90 Å². The van der Waals surface area contributed by atoms with Gasteiger partial charge in [-0.15, -0.1) is 22.7 Å². The predicted molar refractivity (Wildman–Crippen MR) is 204 cm³/mol. The molecule has 7 rings (SSSR count). The molecule has 3 nitrogen and oxygen atoms in total. The molecule has 0 aliphatic heterocycles. The summed E-state index contributed by atoms with van der Waals surface area (Å²) in [4.78, 5) is 4.53. The van der Waals surface area contributed by atoms with Gasteiger partial charge in [-0.25, -0.2) is 4.39 Å². The highest BCUT2D eigenvalue weighted by molar-refractivity contribution is 7.31. The molecule has 238 valence electrons. The molecule has 0 bridgehead atoms. The number of fused-ring (bicyclic) bond motifs is 2. The van der Waals surface area contributed by atoms with E-state index in [1.54, 1.807) is 17.4 Å². The molecule has 0 aliphatic rings. The molecule has 0 radical (unpaired) electrons. The van der Waals surface area contributed by atoms with Crippen LogP contribution in [0.2, 0.25) is 0 Å². The van der Waals surface area contributed by atoms with E-state index >= 15 is 4.39 Å². The van der Waals surface area contributed by atoms with E-state index in [-0.39, 0.29) is 5.82 Å². The minimum absolute atomic E-state index is 0.264. The van der Waals surface area contributed by atoms with Crippen molar-refractivity contribution in [3.05, 3.63) is 102 Å². The number of anilines is 1. The lowest BCUT2D eigenvalue weighted by Crippen LogP contribution is -2.07. The van der Waals surface area contributed by atoms with Crippen molar-refractivity contribution in [3.63, 3.8) is 0 Å². The highest BCUT2D eigenvalue weighted by atomic mass is 32.1. The number of aromatic nitrogens is 2. The summed E-state index contributed by atoms with van der Waals surface area (Å²) in [5.74, 6) is 0.980. The number of rotatable bonds is 9. The fraction of sp³-hybridized carbons (Fsp3) is 0.250. The number of hydrogen-bond donors (Lipinski definition) is 0. The van der Waals surface area contributed by atoms with Gasteiger partial charge in [0, 0.05) is 55.6 Å². The zero-order chi connectivity index (χ0) is 32.8. The van der Waals surface area contributed by atoms with Crippen LogP contribution in [0.5, 0.6) is 0 Å². The van der Waals surface area contributed by atoms with E-state index in [9.17, 15) is 0 Å². The van der Waals surface area contributed by atoms with Crippen molar-refractivity contribution >= 4 is 60.5 Å². The third-order valence-electron chi connectivity index (χ3n) is 8.49. The first-order chi connectivity index (χ1) is 22.6. The lowest BCUT2D eigenvalue weighted by Gasteiger charge is -2.13. The van der Waals surface area contributed by atoms with Crippen molar-refractivity contribution in [2.24, 2.45) is 11.8 Å². The molecule has 4 aromatic carbocycles. The third-order valence-corrected chi connectivity index (χ3v) is 11.4. The highest BCUT2D eigenvalue weighted by Gasteiger charge is 2.19. The topological polar surface area (TPSA) is 29.0 Å². The van der Waals surface area contributed by atoms with Gasteiger partial charge in [0.15, 0.2) is 0 Å². The Labute approximate surface area is 288 Å². The van der Waals surface area contributed by atoms with Crippen LogP contribution in [0.25, 0.3) is 63.6 Å². The van der Waals surface area contributed by atoms with Gasteiger partial charge in [-0.05, 0) is 82.8 Å². The Kier molecular flexibility index (Phi) is 8.73. The number of thiophene rings is 2. The number of nitrogens with zero attached hydrogens (tertiary/aromatic N) is 3. The molecule has 0 amide bonds. The fourth-order valence-corrected chi connectivity index (χ4v) is 9.33. The summed E-state index contributed by atoms with van der Waals surface area (Å²) in [6.45, 7) is 9.16. The summed E-state index contributed by atoms with van der Waals surface area (Å²) < 4.78 is 27.6. The van der Waals surface area contributed by atoms with Gasteiger partial charge in [-0.2, -0.15) is 8.75 Å². The zero-order valence-corrected chi connectivity index (χ0v) is 30.0. The molecule has 47 heavy (non-hydrogen) atoms. The van der Waals surface area contributed by atoms with E-state index in [0.29, 0.717) is 17.4 Å². The maximum Gasteiger partial charge on any atom is 0.131 e. The van der Waals surface area contributed by atoms with Gasteiger partial charge in [0.05, 0.1) is 11.7 Å². The second kappa shape index (κ2) is 12.9. The van der Waals surface area contributed by atoms with Gasteiger partial charge in [0.1, 0.15) is 16.9 Å². The molecule has 7 aromatic rings. The normalized spacial score (nSPS) is 11.9. The Morgan fingerprint density at radius 3 is 1.77 bits per heavy atom. The summed E-state index contributed by atoms with van der Waals surface area (Å²) >= 11 is 4.83. The summed E-state index contributed by atoms with van der Waals surface area (Å²) in [6.07, 6.45) is 2.19. The monoisotopic (exact) mass is 675 g/mol. The van der Waals surface area contributed by atoms with Crippen LogP contribution in [0.15, 0.2) is 84.9 Å². The first kappa shape index (κ1) is 31.7. The summed E-state index contributed by atoms with van der Waals surface area (Å²) in [6, 6.07) is 29.5. The molecule has 0 saturated carbocycles. The van der Waals surface area contributed by atoms with E-state index in [1.807, 2.05) is 55.8 Å². The molecule has 7 heteroatoms. The summed E-state index contributed by atoms with van der Waals surface area (Å²) in [7, 11) is 4.02. The lowest BCUT2D eigenvalue weighted by atomic mass is 9.94. The Balaban J connectivity index is 1.20. The average molecular weight is 676 g/mol. The van der Waals surface area contributed by atoms with Crippen molar-refractivity contribution in [1.82, 2.24) is 8.75 Å². The molecule has 3 heterocycles. The van der Waals surface area contributed by atoms with Gasteiger partial charge in [0.25, 0.3) is 0 Å². The average Bonchev–Trinajstić information content (AvgIpc) is 3.76. The standard InChI is InChI=1S/C40H38FN3S3/c1-23(2)15-25-17-26(16-24(3)4)19-29(18-25)35-21-37-38(45-35)22-36(46-37)33-14-13-32(39-40(33)43-47-42-39)31-12-9-28(20-34(31)41)27-7-10-30(11-8-27)44(5)6/h7-14,17-24H,15-16H2,1-6H3. The van der Waals surface area contributed by atoms with Gasteiger partial charge >= 0.3 is 0 Å². The first-order valence-corrected chi connectivity index (χ1v) is 18.5. The Bertz CT molecular complexity index is 2140. The Morgan fingerprint density at radius 2 is 1.15 bits per heavy atom. The van der Waals surface area contributed by atoms with Crippen LogP contribution < -0.4 is 4.90 Å². The molecule has 0 N–H and O–H groups in total. The van der Waals surface area contributed by atoms with Crippen LogP contribution in [-0.4, -0.2) is 22.8 Å². The van der Waals surface area contributed by atoms with Crippen molar-refractivity contribution in [2.75, 3.05) is 19.0 Å². The molecule has 0 unspecified atom stereocenters. The molecule has 0 atom stereocenters. The van der Waals surface area contributed by atoms with Crippen molar-refractivity contribution in [1.29, 1.82) is 0 Å². The molecule has 0 saturated heterocycles. The van der Waals surface area contributed by atoms with E-state index in [2.05, 4.69) is 85.5 Å². The number of hydrogen-bond acceptors (Lipinski definition) is 6. The zero-order valence-electron chi connectivity index (χ0n) is 27.6. The molecule has 0 fully saturated rings. The SMILES string of the molecule is CC(C)Cc1cc(CC(C)C)cc(-c2cc3sc(-c4ccc(-c5ccc(-c6ccc(N(C)C)cc6)cc5F)c5nsnc45)cc3s2)c1. The maximum atomic E-state index is 15.7. The van der Waals surface area contributed by atoms with Crippen LogP contribution in [0.3, 0.4) is 0 Å². The van der Waals surface area contributed by atoms with Crippen molar-refractivity contribution < 1.29 is 4.39 Å². The van der Waals surface area contributed by atoms with Crippen LogP contribution >= 0.6 is 34.4 Å². The molecular weight excluding hydrogens is 638 g/mol. The molecule has 0 aliphatic carbocycles. The van der Waals surface area contributed by atoms with Gasteiger partial charge in [-0.3, -0.25) is 0 Å². The molecular formula is C40H38FN3S3. The van der Waals surface area contributed by atoms with Gasteiger partial charge in [0.2, 0.25) is 0 Å². The largest absolute Gasteiger partial charge is 0.378 e. The second-order valence-electron chi connectivity index (χ2n) is 13.4. The minimum Gasteiger partial charge on any atom is -0.378 e. The number of benzene rings is 4. The smallest absolute Gasteiger partial charge is 0.131 e. The van der Waals surface area contributed by atoms with Crippen molar-refractivity contribution in [2.45, 2.75) is 40.5 Å². The fourth-order valence-electron chi connectivity index (χ4n) is 6.34. The molecule has 3 aromatic heterocycles. The van der Waals surface area contributed by atoms with Gasteiger partial charge in [-0.1, -0.05) is 82.3 Å². The first-order valence-electron chi connectivity index (χ1n) is 16.1. The van der Waals surface area contributed by atoms with E-state index in [0.717, 1.165) is 56.7 Å². The number of halogens is 1. The predicted octanol–water partition coefficient (Wildman–Crippen LogP) is 12.2. The van der Waals surface area contributed by atoms with E-state index in [4.69, 9.17) is 4.37 Å². The van der Waals surface area contributed by atoms with E-state index < -0.39 is 0 Å². The second-order valence-corrected chi connectivity index (χ2v) is 16.1. The van der Waals surface area contributed by atoms with Crippen LogP contribution in [0.4, 0.5) is 10.1 Å². The summed E-state index contributed by atoms with van der Waals surface area (Å²) in [5.41, 5.74) is 11.0. The Morgan fingerprint density at radius 1 is 0.596 bits per heavy atom. The summed E-state index contributed by atoms with van der Waals surface area (Å²) in [5, 5.41) is 0. The Hall–Kier alpha value is -3.91. The van der Waals surface area contributed by atoms with E-state index in [1.165, 1.54) is 42.7 Å². The third kappa shape index (κ3) is 6.49. The van der Waals surface area contributed by atoms with Crippen molar-refractivity contribution in [3.8, 4) is 43.1 Å². The molecule has 0 spiro atoms. The van der Waals surface area contributed by atoms with Crippen LogP contribution in [-0.2, 0) is 12.8 Å². The van der Waals surface area contributed by atoms with Crippen LogP contribution in [0, 0.1) is 17.7 Å². The maximum absolute atomic E-state index is 15.7. The minimum atomic E-state index is -0.264. The highest BCUT2D eigenvalue weighted by Crippen LogP contribution is 2.45. The van der Waals surface area contributed by atoms with Crippen LogP contribution in [0.1, 0.15) is 38.8 Å². The lowest BCUT2D eigenvalue weighted by molar-refractivity contribution is 0.632.